The summed E-state index contributed by atoms with van der Waals surface area (Å²) in [6.45, 7) is 12.8. The monoisotopic (exact) mass is 614 g/mol. The van der Waals surface area contributed by atoms with E-state index in [1.807, 2.05) is 106 Å². The molecular weight excluding hydrogens is 572 g/mol. The number of carbonyl (C=O) groups excluding carboxylic acids is 1. The van der Waals surface area contributed by atoms with Crippen LogP contribution in [0.3, 0.4) is 0 Å². The van der Waals surface area contributed by atoms with Crippen LogP contribution in [0.25, 0.3) is 21.9 Å². The molecule has 236 valence electrons. The lowest BCUT2D eigenvalue weighted by Gasteiger charge is -2.34. The van der Waals surface area contributed by atoms with Crippen molar-refractivity contribution in [2.45, 2.75) is 59.4 Å². The molecule has 0 saturated carbocycles. The van der Waals surface area contributed by atoms with Gasteiger partial charge in [-0.15, -0.1) is 0 Å². The predicted octanol–water partition coefficient (Wildman–Crippen LogP) is 9.18. The van der Waals surface area contributed by atoms with E-state index in [9.17, 15) is 14.7 Å². The highest BCUT2D eigenvalue weighted by Crippen LogP contribution is 2.30. The first-order valence-electron chi connectivity index (χ1n) is 15.6. The first kappa shape index (κ1) is 32.4. The number of aliphatic carboxylic acids is 1. The van der Waals surface area contributed by atoms with Crippen molar-refractivity contribution in [2.24, 2.45) is 5.41 Å². The van der Waals surface area contributed by atoms with E-state index < -0.39 is 17.9 Å². The summed E-state index contributed by atoms with van der Waals surface area (Å²) >= 11 is 0. The molecule has 1 N–H and O–H groups in total. The summed E-state index contributed by atoms with van der Waals surface area (Å²) in [4.78, 5) is 32.7. The third kappa shape index (κ3) is 7.99. The maximum absolute atomic E-state index is 14.0. The number of benzene rings is 4. The maximum Gasteiger partial charge on any atom is 0.326 e. The second-order valence-electron chi connectivity index (χ2n) is 14.1. The predicted molar refractivity (Wildman–Crippen MR) is 184 cm³/mol. The number of amides is 1. The van der Waals surface area contributed by atoms with Crippen molar-refractivity contribution in [1.82, 2.24) is 9.88 Å². The summed E-state index contributed by atoms with van der Waals surface area (Å²) in [7, 11) is 0. The Morgan fingerprint density at radius 1 is 0.761 bits per heavy atom. The molecule has 46 heavy (non-hydrogen) atoms. The van der Waals surface area contributed by atoms with Crippen molar-refractivity contribution < 1.29 is 19.4 Å². The van der Waals surface area contributed by atoms with Gasteiger partial charge in [0, 0.05) is 24.5 Å². The van der Waals surface area contributed by atoms with Crippen LogP contribution in [-0.2, 0) is 16.6 Å². The molecule has 0 aliphatic carbocycles. The molecule has 1 atom stereocenters. The van der Waals surface area contributed by atoms with E-state index in [0.717, 1.165) is 33.2 Å². The lowest BCUT2D eigenvalue weighted by Crippen LogP contribution is -2.50. The van der Waals surface area contributed by atoms with Gasteiger partial charge in [-0.05, 0) is 68.8 Å². The van der Waals surface area contributed by atoms with Gasteiger partial charge in [-0.3, -0.25) is 9.78 Å². The Balaban J connectivity index is 1.38. The molecule has 0 aliphatic rings. The molecule has 0 radical (unpaired) electrons. The maximum atomic E-state index is 14.0. The summed E-state index contributed by atoms with van der Waals surface area (Å²) in [6, 6.07) is 32.2. The second-order valence-corrected chi connectivity index (χ2v) is 14.1. The van der Waals surface area contributed by atoms with Gasteiger partial charge in [-0.2, -0.15) is 0 Å². The molecule has 1 heterocycles. The lowest BCUT2D eigenvalue weighted by atomic mass is 9.87. The van der Waals surface area contributed by atoms with Crippen LogP contribution in [0, 0.1) is 5.41 Å². The molecule has 1 amide bonds. The normalized spacial score (nSPS) is 12.5. The molecule has 5 aromatic rings. The number of rotatable bonds is 9. The van der Waals surface area contributed by atoms with Crippen LogP contribution < -0.4 is 4.74 Å². The SMILES string of the molecule is CC(C)(C)CN(C(=O)c1cc2ccc(Oc3ccc(C(C)(C)C)cc3)cc2cn1)[C@@H](Cc1ccc(-c2ccccc2)cc1)C(=O)O. The van der Waals surface area contributed by atoms with Crippen molar-refractivity contribution in [3.05, 3.63) is 126 Å². The van der Waals surface area contributed by atoms with E-state index in [1.165, 1.54) is 10.5 Å². The number of aromatic nitrogens is 1. The number of carboxylic acid groups (broad SMARTS) is 1. The lowest BCUT2D eigenvalue weighted by molar-refractivity contribution is -0.142. The van der Waals surface area contributed by atoms with Gasteiger partial charge >= 0.3 is 5.97 Å². The fourth-order valence-electron chi connectivity index (χ4n) is 5.46. The number of carboxylic acids is 1. The molecule has 0 bridgehead atoms. The Morgan fingerprint density at radius 3 is 2.00 bits per heavy atom. The summed E-state index contributed by atoms with van der Waals surface area (Å²) in [5.74, 6) is -0.0675. The average Bonchev–Trinajstić information content (AvgIpc) is 3.02. The zero-order valence-electron chi connectivity index (χ0n) is 27.5. The van der Waals surface area contributed by atoms with Gasteiger partial charge in [0.2, 0.25) is 0 Å². The standard InChI is InChI=1S/C40H42N2O4/c1-39(2,3)26-42(36(38(44)45)22-27-12-14-29(15-13-27)28-10-8-7-9-11-28)37(43)35-24-30-16-19-34(23-31(30)25-41-35)46-33-20-17-32(18-21-33)40(4,5)6/h7-21,23-25,36H,22,26H2,1-6H3,(H,44,45)/t36-/m0/s1. The molecule has 0 unspecified atom stereocenters. The highest BCUT2D eigenvalue weighted by atomic mass is 16.5. The molecule has 4 aromatic carbocycles. The molecule has 0 spiro atoms. The van der Waals surface area contributed by atoms with Crippen molar-refractivity contribution in [2.75, 3.05) is 6.54 Å². The average molecular weight is 615 g/mol. The number of pyridine rings is 1. The van der Waals surface area contributed by atoms with E-state index in [4.69, 9.17) is 4.74 Å². The molecule has 6 heteroatoms. The summed E-state index contributed by atoms with van der Waals surface area (Å²) in [6.07, 6.45) is 1.82. The van der Waals surface area contributed by atoms with Crippen molar-refractivity contribution in [3.63, 3.8) is 0 Å². The second kappa shape index (κ2) is 13.2. The first-order valence-corrected chi connectivity index (χ1v) is 15.6. The highest BCUT2D eigenvalue weighted by molar-refractivity contribution is 5.98. The number of nitrogens with zero attached hydrogens (tertiary/aromatic N) is 2. The van der Waals surface area contributed by atoms with Crippen LogP contribution in [0.1, 0.15) is 63.2 Å². The van der Waals surface area contributed by atoms with Crippen molar-refractivity contribution >= 4 is 22.6 Å². The van der Waals surface area contributed by atoms with E-state index in [2.05, 4.69) is 37.9 Å². The molecular formula is C40H42N2O4. The van der Waals surface area contributed by atoms with Gasteiger partial charge in [-0.25, -0.2) is 4.79 Å². The Bertz CT molecular complexity index is 1820. The first-order chi connectivity index (χ1) is 21.8. The van der Waals surface area contributed by atoms with Crippen LogP contribution >= 0.6 is 0 Å². The molecule has 6 nitrogen and oxygen atoms in total. The Kier molecular flexibility index (Phi) is 9.29. The number of fused-ring (bicyclic) bond motifs is 1. The van der Waals surface area contributed by atoms with Crippen LogP contribution in [0.2, 0.25) is 0 Å². The molecule has 1 aromatic heterocycles. The van der Waals surface area contributed by atoms with E-state index in [-0.39, 0.29) is 29.5 Å². The summed E-state index contributed by atoms with van der Waals surface area (Å²) < 4.78 is 6.10. The minimum Gasteiger partial charge on any atom is -0.480 e. The van der Waals surface area contributed by atoms with Gasteiger partial charge in [0.15, 0.2) is 0 Å². The minimum atomic E-state index is -1.06. The van der Waals surface area contributed by atoms with Crippen molar-refractivity contribution in [1.29, 1.82) is 0 Å². The molecule has 0 fully saturated rings. The van der Waals surface area contributed by atoms with Crippen LogP contribution in [0.15, 0.2) is 109 Å². The van der Waals surface area contributed by atoms with Gasteiger partial charge < -0.3 is 14.7 Å². The van der Waals surface area contributed by atoms with Crippen molar-refractivity contribution in [3.8, 4) is 22.6 Å². The van der Waals surface area contributed by atoms with E-state index in [0.29, 0.717) is 5.75 Å². The van der Waals surface area contributed by atoms with E-state index in [1.54, 1.807) is 12.3 Å². The van der Waals surface area contributed by atoms with Gasteiger partial charge in [0.1, 0.15) is 23.2 Å². The largest absolute Gasteiger partial charge is 0.480 e. The topological polar surface area (TPSA) is 79.7 Å². The van der Waals surface area contributed by atoms with Crippen LogP contribution in [0.4, 0.5) is 0 Å². The molecule has 5 rings (SSSR count). The number of carbonyl (C=O) groups is 2. The summed E-state index contributed by atoms with van der Waals surface area (Å²) in [5.41, 5.74) is 4.12. The number of hydrogen-bond donors (Lipinski definition) is 1. The third-order valence-corrected chi connectivity index (χ3v) is 7.93. The quantitative estimate of drug-likeness (QED) is 0.179. The zero-order valence-corrected chi connectivity index (χ0v) is 27.5. The molecule has 0 saturated heterocycles. The Labute approximate surface area is 271 Å². The fourth-order valence-corrected chi connectivity index (χ4v) is 5.46. The minimum absolute atomic E-state index is 0.0589. The van der Waals surface area contributed by atoms with Crippen LogP contribution in [-0.4, -0.2) is 39.5 Å². The fraction of sp³-hybridized carbons (Fsp3) is 0.275. The molecule has 0 aliphatic heterocycles. The Morgan fingerprint density at radius 2 is 1.39 bits per heavy atom. The smallest absolute Gasteiger partial charge is 0.326 e. The van der Waals surface area contributed by atoms with Gasteiger partial charge in [0.25, 0.3) is 5.91 Å². The highest BCUT2D eigenvalue weighted by Gasteiger charge is 2.34. The van der Waals surface area contributed by atoms with Crippen LogP contribution in [0.5, 0.6) is 11.5 Å². The third-order valence-electron chi connectivity index (χ3n) is 7.93. The Hall–Kier alpha value is -4.97. The summed E-state index contributed by atoms with van der Waals surface area (Å²) in [5, 5.41) is 12.0. The van der Waals surface area contributed by atoms with Gasteiger partial charge in [-0.1, -0.05) is 114 Å². The van der Waals surface area contributed by atoms with E-state index >= 15 is 0 Å². The van der Waals surface area contributed by atoms with Gasteiger partial charge in [0.05, 0.1) is 0 Å². The number of hydrogen-bond acceptors (Lipinski definition) is 4. The zero-order chi connectivity index (χ0) is 33.1. The number of ether oxygens (including phenoxy) is 1.